The second kappa shape index (κ2) is 13.7. The Morgan fingerprint density at radius 2 is 1.78 bits per heavy atom. The third kappa shape index (κ3) is 7.17. The molecule has 2 aromatic carbocycles. The lowest BCUT2D eigenvalue weighted by Crippen LogP contribution is -2.47. The predicted octanol–water partition coefficient (Wildman–Crippen LogP) is 5.80. The van der Waals surface area contributed by atoms with Crippen molar-refractivity contribution >= 4 is 33.5 Å². The van der Waals surface area contributed by atoms with Gasteiger partial charge in [-0.05, 0) is 60.9 Å². The Hall–Kier alpha value is -2.36. The van der Waals surface area contributed by atoms with Crippen molar-refractivity contribution in [2.45, 2.75) is 99.5 Å². The second-order valence-electron chi connectivity index (χ2n) is 11.7. The number of hydrogen-bond donors (Lipinski definition) is 3. The van der Waals surface area contributed by atoms with Gasteiger partial charge in [0.2, 0.25) is 5.91 Å². The van der Waals surface area contributed by atoms with Gasteiger partial charge in [-0.3, -0.25) is 4.79 Å². The fourth-order valence-corrected chi connectivity index (χ4v) is 9.69. The molecule has 0 spiro atoms. The van der Waals surface area contributed by atoms with Crippen LogP contribution in [0.4, 0.5) is 0 Å². The molecular weight excluding hydrogens is 558 g/mol. The number of nitrogens with one attached hydrogen (secondary N) is 1. The lowest BCUT2D eigenvalue weighted by atomic mass is 9.69. The van der Waals surface area contributed by atoms with Crippen molar-refractivity contribution in [3.05, 3.63) is 59.7 Å². The van der Waals surface area contributed by atoms with E-state index in [0.717, 1.165) is 50.5 Å². The molecule has 1 aliphatic heterocycles. The number of carbonyl (C=O) groups excluding carboxylic acids is 1. The van der Waals surface area contributed by atoms with Gasteiger partial charge >= 0.3 is 5.97 Å². The molecule has 4 rings (SSSR count). The number of carboxylic acid groups (broad SMARTS) is 1. The Kier molecular flexibility index (Phi) is 10.6. The van der Waals surface area contributed by atoms with Crippen LogP contribution >= 0.6 is 11.8 Å². The molecule has 3 N–H and O–H groups in total. The zero-order valence-corrected chi connectivity index (χ0v) is 25.7. The lowest BCUT2D eigenvalue weighted by Gasteiger charge is -2.39. The standard InChI is InChI=1S/C32H43NO6S2/c1-3-5-18-32(4-2)21-41(38,39)26-17-16-24(19-25(26)28(30(32)35)22-12-8-6-9-13-22)40-20-27(34)33-29(31(36)37)23-14-10-7-11-15-23/h6,8-9,12-13,16-17,19,23,28-30,35H,3-5,7,10-11,14-15,18,20-21H2,1-2H3,(H,33,34)(H,36,37). The number of rotatable bonds is 11. The summed E-state index contributed by atoms with van der Waals surface area (Å²) in [6.45, 7) is 4.03. The van der Waals surface area contributed by atoms with Crippen molar-refractivity contribution in [3.63, 3.8) is 0 Å². The minimum atomic E-state index is -3.70. The molecule has 0 radical (unpaired) electrons. The third-order valence-electron chi connectivity index (χ3n) is 9.04. The van der Waals surface area contributed by atoms with E-state index < -0.39 is 39.3 Å². The van der Waals surface area contributed by atoms with E-state index in [1.807, 2.05) is 37.3 Å². The zero-order chi connectivity index (χ0) is 29.6. The van der Waals surface area contributed by atoms with Gasteiger partial charge in [-0.15, -0.1) is 11.8 Å². The van der Waals surface area contributed by atoms with Crippen LogP contribution in [0.25, 0.3) is 0 Å². The summed E-state index contributed by atoms with van der Waals surface area (Å²) < 4.78 is 27.7. The number of thioether (sulfide) groups is 1. The van der Waals surface area contributed by atoms with Gasteiger partial charge in [0, 0.05) is 16.2 Å². The normalized spacial score (nSPS) is 25.0. The highest BCUT2D eigenvalue weighted by Crippen LogP contribution is 2.49. The smallest absolute Gasteiger partial charge is 0.326 e. The molecule has 2 aromatic rings. The lowest BCUT2D eigenvalue weighted by molar-refractivity contribution is -0.143. The molecule has 1 aliphatic carbocycles. The number of aliphatic carboxylic acids is 1. The summed E-state index contributed by atoms with van der Waals surface area (Å²) in [5, 5.41) is 24.5. The molecule has 4 unspecified atom stereocenters. The molecule has 1 amide bonds. The maximum absolute atomic E-state index is 13.8. The topological polar surface area (TPSA) is 121 Å². The van der Waals surface area contributed by atoms with Crippen molar-refractivity contribution in [2.24, 2.45) is 11.3 Å². The van der Waals surface area contributed by atoms with E-state index in [0.29, 0.717) is 23.3 Å². The molecule has 7 nitrogen and oxygen atoms in total. The van der Waals surface area contributed by atoms with Crippen molar-refractivity contribution in [1.29, 1.82) is 0 Å². The highest BCUT2D eigenvalue weighted by Gasteiger charge is 2.49. The van der Waals surface area contributed by atoms with Gasteiger partial charge in [0.1, 0.15) is 6.04 Å². The second-order valence-corrected chi connectivity index (χ2v) is 14.7. The summed E-state index contributed by atoms with van der Waals surface area (Å²) in [4.78, 5) is 25.7. The molecular formula is C32H43NO6S2. The van der Waals surface area contributed by atoms with E-state index in [1.54, 1.807) is 18.2 Å². The number of fused-ring (bicyclic) bond motifs is 1. The maximum atomic E-state index is 13.8. The molecule has 41 heavy (non-hydrogen) atoms. The van der Waals surface area contributed by atoms with Crippen LogP contribution in [-0.4, -0.2) is 54.2 Å². The average molecular weight is 602 g/mol. The van der Waals surface area contributed by atoms with Gasteiger partial charge in [0.05, 0.1) is 22.5 Å². The van der Waals surface area contributed by atoms with E-state index in [2.05, 4.69) is 12.2 Å². The highest BCUT2D eigenvalue weighted by atomic mass is 32.2. The highest BCUT2D eigenvalue weighted by molar-refractivity contribution is 8.00. The van der Waals surface area contributed by atoms with Crippen molar-refractivity contribution < 1.29 is 28.2 Å². The molecule has 0 bridgehead atoms. The summed E-state index contributed by atoms with van der Waals surface area (Å²) in [5.74, 6) is -2.08. The molecule has 9 heteroatoms. The summed E-state index contributed by atoms with van der Waals surface area (Å²) in [6.07, 6.45) is 6.62. The Bertz CT molecular complexity index is 1310. The van der Waals surface area contributed by atoms with Gasteiger partial charge in [-0.25, -0.2) is 13.2 Å². The van der Waals surface area contributed by atoms with Gasteiger partial charge in [0.15, 0.2) is 9.84 Å². The Balaban J connectivity index is 1.64. The van der Waals surface area contributed by atoms with Crippen molar-refractivity contribution in [3.8, 4) is 0 Å². The number of hydrogen-bond acceptors (Lipinski definition) is 6. The number of aliphatic hydroxyl groups is 1. The minimum Gasteiger partial charge on any atom is -0.480 e. The van der Waals surface area contributed by atoms with Crippen LogP contribution in [0.15, 0.2) is 58.3 Å². The average Bonchev–Trinajstić information content (AvgIpc) is 3.04. The first-order valence-corrected chi connectivity index (χ1v) is 17.5. The van der Waals surface area contributed by atoms with Crippen LogP contribution in [0.5, 0.6) is 0 Å². The quantitative estimate of drug-likeness (QED) is 0.279. The molecule has 1 heterocycles. The van der Waals surface area contributed by atoms with E-state index in [4.69, 9.17) is 0 Å². The Morgan fingerprint density at radius 3 is 2.41 bits per heavy atom. The largest absolute Gasteiger partial charge is 0.480 e. The van der Waals surface area contributed by atoms with Gasteiger partial charge < -0.3 is 15.5 Å². The zero-order valence-electron chi connectivity index (χ0n) is 24.1. The Labute approximate surface area is 248 Å². The number of sulfone groups is 1. The summed E-state index contributed by atoms with van der Waals surface area (Å²) >= 11 is 1.25. The molecule has 224 valence electrons. The third-order valence-corrected chi connectivity index (χ3v) is 12.0. The van der Waals surface area contributed by atoms with Crippen molar-refractivity contribution in [1.82, 2.24) is 5.32 Å². The number of amides is 1. The minimum absolute atomic E-state index is 0.00991. The molecule has 0 saturated heterocycles. The Morgan fingerprint density at radius 1 is 1.07 bits per heavy atom. The predicted molar refractivity (Wildman–Crippen MR) is 162 cm³/mol. The number of unbranched alkanes of at least 4 members (excludes halogenated alkanes) is 1. The first-order valence-electron chi connectivity index (χ1n) is 14.9. The van der Waals surface area contributed by atoms with Gasteiger partial charge in [0.25, 0.3) is 0 Å². The van der Waals surface area contributed by atoms with Crippen LogP contribution in [0.2, 0.25) is 0 Å². The molecule has 1 fully saturated rings. The SMILES string of the molecule is CCCCC1(CC)CS(=O)(=O)c2ccc(SCC(=O)NC(C(=O)O)C3CCCCC3)cc2C(c2ccccc2)C1O. The van der Waals surface area contributed by atoms with Crippen LogP contribution in [0, 0.1) is 11.3 Å². The maximum Gasteiger partial charge on any atom is 0.326 e. The van der Waals surface area contributed by atoms with Crippen LogP contribution in [-0.2, 0) is 19.4 Å². The summed E-state index contributed by atoms with van der Waals surface area (Å²) in [7, 11) is -3.70. The van der Waals surface area contributed by atoms with E-state index in [1.165, 1.54) is 11.8 Å². The number of aliphatic hydroxyl groups excluding tert-OH is 1. The summed E-state index contributed by atoms with van der Waals surface area (Å²) in [5.41, 5.74) is 0.614. The van der Waals surface area contributed by atoms with Gasteiger partial charge in [-0.2, -0.15) is 0 Å². The molecule has 1 saturated carbocycles. The van der Waals surface area contributed by atoms with Crippen LogP contribution in [0.3, 0.4) is 0 Å². The fraction of sp³-hybridized carbons (Fsp3) is 0.562. The summed E-state index contributed by atoms with van der Waals surface area (Å²) in [6, 6.07) is 13.8. The number of carbonyl (C=O) groups is 2. The van der Waals surface area contributed by atoms with Gasteiger partial charge in [-0.1, -0.05) is 76.3 Å². The van der Waals surface area contributed by atoms with Crippen LogP contribution in [0.1, 0.15) is 88.7 Å². The first-order chi connectivity index (χ1) is 19.6. The van der Waals surface area contributed by atoms with Crippen LogP contribution < -0.4 is 5.32 Å². The van der Waals surface area contributed by atoms with E-state index in [9.17, 15) is 28.2 Å². The number of benzene rings is 2. The first kappa shape index (κ1) is 31.6. The monoisotopic (exact) mass is 601 g/mol. The van der Waals surface area contributed by atoms with E-state index >= 15 is 0 Å². The van der Waals surface area contributed by atoms with E-state index in [-0.39, 0.29) is 28.2 Å². The van der Waals surface area contributed by atoms with Crippen molar-refractivity contribution in [2.75, 3.05) is 11.5 Å². The number of carboxylic acids is 1. The molecule has 0 aromatic heterocycles. The fourth-order valence-electron chi connectivity index (χ4n) is 6.68. The molecule has 4 atom stereocenters. The molecule has 2 aliphatic rings.